The van der Waals surface area contributed by atoms with Gasteiger partial charge < -0.3 is 15.2 Å². The van der Waals surface area contributed by atoms with Crippen molar-refractivity contribution in [1.29, 1.82) is 0 Å². The van der Waals surface area contributed by atoms with E-state index in [4.69, 9.17) is 15.2 Å². The molecule has 3 nitrogen and oxygen atoms in total. The number of rotatable bonds is 4. The Morgan fingerprint density at radius 1 is 1.58 bits per heavy atom. The number of hydrogen-bond donors (Lipinski definition) is 1. The molecule has 1 rings (SSSR count). The molecule has 2 N–H and O–H groups in total. The molecular weight excluding hydrogens is 154 g/mol. The minimum absolute atomic E-state index is 0.258. The van der Waals surface area contributed by atoms with Crippen LogP contribution in [-0.2, 0) is 11.3 Å². The Kier molecular flexibility index (Phi) is 3.57. The van der Waals surface area contributed by atoms with Gasteiger partial charge in [0.15, 0.2) is 6.79 Å². The molecule has 0 fully saturated rings. The van der Waals surface area contributed by atoms with Crippen LogP contribution < -0.4 is 10.5 Å². The fraction of sp³-hybridized carbons (Fsp3) is 0.333. The summed E-state index contributed by atoms with van der Waals surface area (Å²) in [7, 11) is 1.58. The summed E-state index contributed by atoms with van der Waals surface area (Å²) in [6, 6.07) is 8.44. The summed E-state index contributed by atoms with van der Waals surface area (Å²) in [5.74, 6) is 0.760. The first-order valence-electron chi connectivity index (χ1n) is 3.69. The van der Waals surface area contributed by atoms with Gasteiger partial charge >= 0.3 is 0 Å². The maximum Gasteiger partial charge on any atom is 0.188 e. The van der Waals surface area contributed by atoms with Crippen molar-refractivity contribution < 1.29 is 9.47 Å². The summed E-state index contributed by atoms with van der Waals surface area (Å²) in [4.78, 5) is 0. The van der Waals surface area contributed by atoms with Gasteiger partial charge in [-0.3, -0.25) is 0 Å². The van der Waals surface area contributed by atoms with Gasteiger partial charge in [0.2, 0.25) is 0 Å². The van der Waals surface area contributed by atoms with Crippen LogP contribution in [0.4, 0.5) is 0 Å². The molecule has 1 aromatic rings. The van der Waals surface area contributed by atoms with Crippen LogP contribution in [0.25, 0.3) is 0 Å². The average Bonchev–Trinajstić information content (AvgIpc) is 2.15. The van der Waals surface area contributed by atoms with Gasteiger partial charge in [0, 0.05) is 13.7 Å². The lowest BCUT2D eigenvalue weighted by Gasteiger charge is -2.04. The second-order valence-corrected chi connectivity index (χ2v) is 2.30. The second-order valence-electron chi connectivity index (χ2n) is 2.30. The third-order valence-electron chi connectivity index (χ3n) is 1.40. The highest BCUT2D eigenvalue weighted by atomic mass is 16.7. The molecule has 0 aromatic heterocycles. The molecule has 0 heterocycles. The number of ether oxygens (including phenoxy) is 2. The third-order valence-corrected chi connectivity index (χ3v) is 1.40. The molecule has 3 heteroatoms. The quantitative estimate of drug-likeness (QED) is 0.677. The number of nitrogens with two attached hydrogens (primary N) is 1. The minimum atomic E-state index is 0.258. The molecule has 0 aliphatic heterocycles. The molecule has 0 aliphatic rings. The summed E-state index contributed by atoms with van der Waals surface area (Å²) in [5, 5.41) is 0. The lowest BCUT2D eigenvalue weighted by Crippen LogP contribution is -2.01. The Morgan fingerprint density at radius 2 is 2.42 bits per heavy atom. The van der Waals surface area contributed by atoms with Crippen LogP contribution in [0.15, 0.2) is 18.2 Å². The van der Waals surface area contributed by atoms with Crippen LogP contribution in [0.1, 0.15) is 5.56 Å². The summed E-state index contributed by atoms with van der Waals surface area (Å²) < 4.78 is 9.96. The molecule has 0 saturated heterocycles. The maximum atomic E-state index is 5.43. The van der Waals surface area contributed by atoms with E-state index < -0.39 is 0 Å². The predicted octanol–water partition coefficient (Wildman–Crippen LogP) is 0.928. The monoisotopic (exact) mass is 166 g/mol. The Hall–Kier alpha value is -1.06. The normalized spacial score (nSPS) is 9.83. The van der Waals surface area contributed by atoms with E-state index in [1.54, 1.807) is 13.2 Å². The van der Waals surface area contributed by atoms with Crippen molar-refractivity contribution in [3.63, 3.8) is 0 Å². The molecule has 12 heavy (non-hydrogen) atoms. The first kappa shape index (κ1) is 9.03. The molecule has 0 bridgehead atoms. The Bertz CT molecular complexity index is 238. The number of benzene rings is 1. The lowest BCUT2D eigenvalue weighted by atomic mass is 10.2. The summed E-state index contributed by atoms with van der Waals surface area (Å²) in [5.41, 5.74) is 6.36. The van der Waals surface area contributed by atoms with Gasteiger partial charge in [0.1, 0.15) is 5.75 Å². The molecule has 0 saturated carbocycles. The minimum Gasteiger partial charge on any atom is -0.468 e. The van der Waals surface area contributed by atoms with Crippen LogP contribution in [0.5, 0.6) is 5.75 Å². The fourth-order valence-electron chi connectivity index (χ4n) is 0.827. The van der Waals surface area contributed by atoms with Crippen molar-refractivity contribution in [1.82, 2.24) is 0 Å². The van der Waals surface area contributed by atoms with E-state index in [-0.39, 0.29) is 6.79 Å². The fourth-order valence-corrected chi connectivity index (χ4v) is 0.827. The number of hydrogen-bond acceptors (Lipinski definition) is 3. The standard InChI is InChI=1S/C9H12NO2/c1-11-7-12-9-4-2-3-8(5-9)6-10/h2,4-5H,6-7,10H2,1H3. The number of methoxy groups -OCH3 is 1. The van der Waals surface area contributed by atoms with Gasteiger partial charge in [-0.15, -0.1) is 0 Å². The lowest BCUT2D eigenvalue weighted by molar-refractivity contribution is 0.0511. The molecule has 1 aromatic carbocycles. The van der Waals surface area contributed by atoms with Crippen molar-refractivity contribution in [3.05, 3.63) is 29.8 Å². The van der Waals surface area contributed by atoms with E-state index in [0.29, 0.717) is 6.54 Å². The van der Waals surface area contributed by atoms with Crippen molar-refractivity contribution >= 4 is 0 Å². The van der Waals surface area contributed by atoms with Crippen LogP contribution in [-0.4, -0.2) is 13.9 Å². The maximum absolute atomic E-state index is 5.43. The first-order valence-corrected chi connectivity index (χ1v) is 3.69. The predicted molar refractivity (Wildman–Crippen MR) is 45.7 cm³/mol. The second kappa shape index (κ2) is 4.74. The van der Waals surface area contributed by atoms with Crippen LogP contribution in [0.3, 0.4) is 0 Å². The van der Waals surface area contributed by atoms with Gasteiger partial charge in [-0.1, -0.05) is 6.07 Å². The van der Waals surface area contributed by atoms with Crippen LogP contribution in [0.2, 0.25) is 0 Å². The van der Waals surface area contributed by atoms with Crippen molar-refractivity contribution in [2.45, 2.75) is 6.54 Å². The molecule has 0 amide bonds. The van der Waals surface area contributed by atoms with Gasteiger partial charge in [0.25, 0.3) is 0 Å². The van der Waals surface area contributed by atoms with Crippen LogP contribution >= 0.6 is 0 Å². The summed E-state index contributed by atoms with van der Waals surface area (Å²) >= 11 is 0. The van der Waals surface area contributed by atoms with Crippen molar-refractivity contribution in [2.75, 3.05) is 13.9 Å². The topological polar surface area (TPSA) is 44.5 Å². The third kappa shape index (κ3) is 2.53. The van der Waals surface area contributed by atoms with E-state index in [1.807, 2.05) is 12.1 Å². The van der Waals surface area contributed by atoms with E-state index in [2.05, 4.69) is 6.07 Å². The van der Waals surface area contributed by atoms with Crippen molar-refractivity contribution in [2.24, 2.45) is 5.73 Å². The van der Waals surface area contributed by atoms with E-state index >= 15 is 0 Å². The SMILES string of the molecule is COCOc1cc[c]c(CN)c1. The first-order chi connectivity index (χ1) is 5.86. The molecule has 0 spiro atoms. The van der Waals surface area contributed by atoms with E-state index in [0.717, 1.165) is 11.3 Å². The Labute approximate surface area is 72.1 Å². The highest BCUT2D eigenvalue weighted by Crippen LogP contribution is 2.11. The van der Waals surface area contributed by atoms with Gasteiger partial charge in [-0.2, -0.15) is 0 Å². The Balaban J connectivity index is 2.60. The van der Waals surface area contributed by atoms with Gasteiger partial charge in [-0.05, 0) is 23.8 Å². The Morgan fingerprint density at radius 3 is 3.08 bits per heavy atom. The van der Waals surface area contributed by atoms with Crippen LogP contribution in [0, 0.1) is 6.07 Å². The average molecular weight is 166 g/mol. The molecule has 1 radical (unpaired) electrons. The van der Waals surface area contributed by atoms with Gasteiger partial charge in [0.05, 0.1) is 0 Å². The van der Waals surface area contributed by atoms with E-state index in [9.17, 15) is 0 Å². The smallest absolute Gasteiger partial charge is 0.188 e. The molecule has 65 valence electrons. The van der Waals surface area contributed by atoms with E-state index in [1.165, 1.54) is 0 Å². The van der Waals surface area contributed by atoms with Crippen molar-refractivity contribution in [3.8, 4) is 5.75 Å². The molecule has 0 unspecified atom stereocenters. The molecular formula is C9H12NO2. The highest BCUT2D eigenvalue weighted by Gasteiger charge is 1.94. The zero-order valence-corrected chi connectivity index (χ0v) is 7.04. The van der Waals surface area contributed by atoms with Gasteiger partial charge in [-0.25, -0.2) is 0 Å². The molecule has 0 aliphatic carbocycles. The summed E-state index contributed by atoms with van der Waals surface area (Å²) in [6.07, 6.45) is 0. The summed E-state index contributed by atoms with van der Waals surface area (Å²) in [6.45, 7) is 0.734. The molecule has 0 atom stereocenters. The highest BCUT2D eigenvalue weighted by molar-refractivity contribution is 5.27. The zero-order valence-electron chi connectivity index (χ0n) is 7.04. The zero-order chi connectivity index (χ0) is 8.81. The largest absolute Gasteiger partial charge is 0.468 e.